The first kappa shape index (κ1) is 18.3. The molecule has 0 radical (unpaired) electrons. The number of carboxylic acids is 1. The lowest BCUT2D eigenvalue weighted by molar-refractivity contribution is -0.139. The molecule has 0 bridgehead atoms. The lowest BCUT2D eigenvalue weighted by atomic mass is 10.4. The predicted molar refractivity (Wildman–Crippen MR) is 70.4 cm³/mol. The van der Waals surface area contributed by atoms with Crippen LogP contribution in [0.3, 0.4) is 0 Å². The molecule has 0 aromatic carbocycles. The third kappa shape index (κ3) is 12.1. The Hall–Kier alpha value is -0.690. The van der Waals surface area contributed by atoms with E-state index in [0.717, 1.165) is 0 Å². The van der Waals surface area contributed by atoms with E-state index in [0.29, 0.717) is 19.8 Å². The maximum Gasteiger partial charge on any atom is 0.305 e. The summed E-state index contributed by atoms with van der Waals surface area (Å²) in [5, 5.41) is 8.47. The number of rotatable bonds is 12. The van der Waals surface area contributed by atoms with Gasteiger partial charge < -0.3 is 24.1 Å². The fraction of sp³-hybridized carbons (Fsp3) is 0.923. The van der Waals surface area contributed by atoms with Gasteiger partial charge in [0.05, 0.1) is 51.2 Å². The third-order valence-electron chi connectivity index (χ3n) is 2.35. The molecule has 0 heterocycles. The normalized spacial score (nSPS) is 16.0. The summed E-state index contributed by atoms with van der Waals surface area (Å²) in [5.41, 5.74) is 0. The molecule has 0 saturated carbocycles. The average molecular weight is 278 g/mol. The number of hydrogen-bond donors (Lipinski definition) is 1. The van der Waals surface area contributed by atoms with Crippen molar-refractivity contribution in [1.29, 1.82) is 0 Å². The number of aliphatic carboxylic acids is 1. The standard InChI is InChI=1S/C13H26O6/c1-10(7-16-4)18-9-12(3)19-8-11(2)17-6-5-13(14)15/h10-12H,5-9H2,1-4H3,(H,14,15). The van der Waals surface area contributed by atoms with Crippen LogP contribution in [-0.2, 0) is 23.7 Å². The van der Waals surface area contributed by atoms with Gasteiger partial charge in [-0.1, -0.05) is 0 Å². The van der Waals surface area contributed by atoms with Crippen molar-refractivity contribution in [3.8, 4) is 0 Å². The van der Waals surface area contributed by atoms with E-state index in [1.54, 1.807) is 7.11 Å². The summed E-state index contributed by atoms with van der Waals surface area (Å²) < 4.78 is 21.3. The van der Waals surface area contributed by atoms with Crippen LogP contribution in [0, 0.1) is 0 Å². The van der Waals surface area contributed by atoms with Crippen LogP contribution in [0.15, 0.2) is 0 Å². The molecule has 0 rings (SSSR count). The summed E-state index contributed by atoms with van der Waals surface area (Å²) in [4.78, 5) is 10.3. The molecule has 3 atom stereocenters. The minimum absolute atomic E-state index is 0.0114. The van der Waals surface area contributed by atoms with E-state index < -0.39 is 5.97 Å². The summed E-state index contributed by atoms with van der Waals surface area (Å²) in [6.07, 6.45) is -0.110. The maximum absolute atomic E-state index is 10.3. The summed E-state index contributed by atoms with van der Waals surface area (Å²) >= 11 is 0. The molecule has 0 aliphatic heterocycles. The number of carbonyl (C=O) groups is 1. The van der Waals surface area contributed by atoms with Crippen LogP contribution in [0.4, 0.5) is 0 Å². The SMILES string of the molecule is COCC(C)OCC(C)OCC(C)OCCC(=O)O. The lowest BCUT2D eigenvalue weighted by Crippen LogP contribution is -2.26. The van der Waals surface area contributed by atoms with Gasteiger partial charge in [0.25, 0.3) is 0 Å². The maximum atomic E-state index is 10.3. The second kappa shape index (κ2) is 11.2. The fourth-order valence-electron chi connectivity index (χ4n) is 1.33. The Morgan fingerprint density at radius 3 is 1.89 bits per heavy atom. The van der Waals surface area contributed by atoms with Crippen molar-refractivity contribution in [3.63, 3.8) is 0 Å². The predicted octanol–water partition coefficient (Wildman–Crippen LogP) is 1.32. The summed E-state index contributed by atoms with van der Waals surface area (Å²) in [5.74, 6) is -0.859. The molecule has 114 valence electrons. The van der Waals surface area contributed by atoms with Gasteiger partial charge in [0.15, 0.2) is 0 Å². The Kier molecular flexibility index (Phi) is 10.8. The molecule has 0 amide bonds. The van der Waals surface area contributed by atoms with Gasteiger partial charge in [-0.05, 0) is 20.8 Å². The topological polar surface area (TPSA) is 74.2 Å². The van der Waals surface area contributed by atoms with Gasteiger partial charge in [0.1, 0.15) is 0 Å². The molecule has 0 spiro atoms. The molecule has 0 saturated heterocycles. The Labute approximate surface area is 115 Å². The molecule has 0 aromatic heterocycles. The Morgan fingerprint density at radius 1 is 0.947 bits per heavy atom. The van der Waals surface area contributed by atoms with Crippen molar-refractivity contribution in [3.05, 3.63) is 0 Å². The Balaban J connectivity index is 3.54. The lowest BCUT2D eigenvalue weighted by Gasteiger charge is -2.19. The molecule has 19 heavy (non-hydrogen) atoms. The van der Waals surface area contributed by atoms with Gasteiger partial charge in [-0.15, -0.1) is 0 Å². The number of methoxy groups -OCH3 is 1. The van der Waals surface area contributed by atoms with Gasteiger partial charge in [-0.25, -0.2) is 0 Å². The molecular formula is C13H26O6. The zero-order valence-electron chi connectivity index (χ0n) is 12.3. The van der Waals surface area contributed by atoms with Crippen LogP contribution in [0.2, 0.25) is 0 Å². The highest BCUT2D eigenvalue weighted by atomic mass is 16.6. The van der Waals surface area contributed by atoms with E-state index in [1.165, 1.54) is 0 Å². The van der Waals surface area contributed by atoms with E-state index in [2.05, 4.69) is 0 Å². The van der Waals surface area contributed by atoms with Crippen LogP contribution >= 0.6 is 0 Å². The van der Waals surface area contributed by atoms with E-state index in [4.69, 9.17) is 24.1 Å². The molecule has 6 nitrogen and oxygen atoms in total. The zero-order chi connectivity index (χ0) is 14.7. The van der Waals surface area contributed by atoms with Crippen molar-refractivity contribution in [2.75, 3.05) is 33.5 Å². The quantitative estimate of drug-likeness (QED) is 0.580. The summed E-state index contributed by atoms with van der Waals surface area (Å²) in [6, 6.07) is 0. The van der Waals surface area contributed by atoms with Crippen LogP contribution in [0.1, 0.15) is 27.2 Å². The summed E-state index contributed by atoms with van der Waals surface area (Å²) in [6.45, 7) is 7.38. The highest BCUT2D eigenvalue weighted by molar-refractivity contribution is 5.66. The van der Waals surface area contributed by atoms with Crippen molar-refractivity contribution in [2.45, 2.75) is 45.5 Å². The van der Waals surface area contributed by atoms with Crippen molar-refractivity contribution in [1.82, 2.24) is 0 Å². The first-order valence-electron chi connectivity index (χ1n) is 6.51. The third-order valence-corrected chi connectivity index (χ3v) is 2.35. The molecular weight excluding hydrogens is 252 g/mol. The molecule has 0 fully saturated rings. The number of ether oxygens (including phenoxy) is 4. The van der Waals surface area contributed by atoms with Crippen LogP contribution in [-0.4, -0.2) is 62.9 Å². The van der Waals surface area contributed by atoms with E-state index in [9.17, 15) is 4.79 Å². The largest absolute Gasteiger partial charge is 0.481 e. The molecule has 1 N–H and O–H groups in total. The first-order chi connectivity index (χ1) is 8.95. The average Bonchev–Trinajstić information content (AvgIpc) is 2.33. The van der Waals surface area contributed by atoms with Gasteiger partial charge in [0, 0.05) is 7.11 Å². The Bertz CT molecular complexity index is 233. The van der Waals surface area contributed by atoms with Crippen LogP contribution in [0.25, 0.3) is 0 Å². The number of hydrogen-bond acceptors (Lipinski definition) is 5. The Morgan fingerprint density at radius 2 is 1.42 bits per heavy atom. The molecule has 0 aromatic rings. The van der Waals surface area contributed by atoms with Crippen molar-refractivity contribution in [2.24, 2.45) is 0 Å². The minimum Gasteiger partial charge on any atom is -0.481 e. The van der Waals surface area contributed by atoms with Gasteiger partial charge in [-0.3, -0.25) is 4.79 Å². The zero-order valence-corrected chi connectivity index (χ0v) is 12.3. The van der Waals surface area contributed by atoms with Crippen LogP contribution in [0.5, 0.6) is 0 Å². The van der Waals surface area contributed by atoms with Gasteiger partial charge in [-0.2, -0.15) is 0 Å². The smallest absolute Gasteiger partial charge is 0.305 e. The second-order valence-corrected chi connectivity index (χ2v) is 4.57. The summed E-state index contributed by atoms with van der Waals surface area (Å²) in [7, 11) is 1.63. The molecule has 0 aliphatic rings. The monoisotopic (exact) mass is 278 g/mol. The highest BCUT2D eigenvalue weighted by Gasteiger charge is 2.10. The van der Waals surface area contributed by atoms with E-state index in [1.807, 2.05) is 20.8 Å². The van der Waals surface area contributed by atoms with E-state index >= 15 is 0 Å². The van der Waals surface area contributed by atoms with Gasteiger partial charge in [0.2, 0.25) is 0 Å². The van der Waals surface area contributed by atoms with Gasteiger partial charge >= 0.3 is 5.97 Å². The second-order valence-electron chi connectivity index (χ2n) is 4.57. The molecule has 6 heteroatoms. The van der Waals surface area contributed by atoms with Crippen molar-refractivity contribution >= 4 is 5.97 Å². The van der Waals surface area contributed by atoms with Crippen molar-refractivity contribution < 1.29 is 28.8 Å². The minimum atomic E-state index is -0.859. The molecule has 3 unspecified atom stereocenters. The first-order valence-corrected chi connectivity index (χ1v) is 6.51. The molecule has 0 aliphatic carbocycles. The fourth-order valence-corrected chi connectivity index (χ4v) is 1.33. The van der Waals surface area contributed by atoms with Crippen LogP contribution < -0.4 is 0 Å². The number of carboxylic acid groups (broad SMARTS) is 1. The van der Waals surface area contributed by atoms with E-state index in [-0.39, 0.29) is 31.3 Å². The highest BCUT2D eigenvalue weighted by Crippen LogP contribution is 2.00.